The standard InChI is InChI=1S/C28H40S3/c1-3-5-7-9-10-11-12-14-17-24-22-23(16-13-8-6-4-2)28(30-24)27-20-19-26(31-27)25-18-15-21-29-25/h15,18-22H,3-14,16-17H2,1-2H3. The second kappa shape index (κ2) is 14.3. The van der Waals surface area contributed by atoms with Gasteiger partial charge in [-0.25, -0.2) is 0 Å². The van der Waals surface area contributed by atoms with Gasteiger partial charge in [0.25, 0.3) is 0 Å². The van der Waals surface area contributed by atoms with Crippen LogP contribution in [0.5, 0.6) is 0 Å². The van der Waals surface area contributed by atoms with Crippen molar-refractivity contribution in [3.8, 4) is 19.5 Å². The maximum atomic E-state index is 2.55. The molecule has 3 aromatic heterocycles. The molecule has 0 aliphatic carbocycles. The van der Waals surface area contributed by atoms with E-state index in [1.807, 2.05) is 22.7 Å². The molecule has 0 amide bonds. The maximum absolute atomic E-state index is 2.55. The molecule has 0 aromatic carbocycles. The van der Waals surface area contributed by atoms with Crippen LogP contribution in [0.25, 0.3) is 19.5 Å². The lowest BCUT2D eigenvalue weighted by Gasteiger charge is -2.02. The Kier molecular flexibility index (Phi) is 11.4. The monoisotopic (exact) mass is 472 g/mol. The second-order valence-electron chi connectivity index (χ2n) is 8.74. The Bertz CT molecular complexity index is 838. The first-order valence-electron chi connectivity index (χ1n) is 12.6. The first-order chi connectivity index (χ1) is 15.3. The Morgan fingerprint density at radius 1 is 0.613 bits per heavy atom. The average molecular weight is 473 g/mol. The van der Waals surface area contributed by atoms with E-state index in [4.69, 9.17) is 0 Å². The van der Waals surface area contributed by atoms with Crippen molar-refractivity contribution in [3.05, 3.63) is 46.2 Å². The summed E-state index contributed by atoms with van der Waals surface area (Å²) < 4.78 is 0. The Balaban J connectivity index is 1.58. The molecule has 0 unspecified atom stereocenters. The van der Waals surface area contributed by atoms with Gasteiger partial charge in [0.1, 0.15) is 0 Å². The first kappa shape index (κ1) is 24.7. The van der Waals surface area contributed by atoms with Crippen molar-refractivity contribution in [1.82, 2.24) is 0 Å². The van der Waals surface area contributed by atoms with Gasteiger partial charge in [0.2, 0.25) is 0 Å². The molecule has 0 aliphatic rings. The highest BCUT2D eigenvalue weighted by molar-refractivity contribution is 7.26. The highest BCUT2D eigenvalue weighted by Crippen LogP contribution is 2.42. The average Bonchev–Trinajstić information content (AvgIpc) is 3.53. The van der Waals surface area contributed by atoms with Gasteiger partial charge in [0.05, 0.1) is 0 Å². The van der Waals surface area contributed by atoms with Crippen LogP contribution in [0.4, 0.5) is 0 Å². The van der Waals surface area contributed by atoms with Crippen LogP contribution >= 0.6 is 34.0 Å². The van der Waals surface area contributed by atoms with E-state index in [1.165, 1.54) is 105 Å². The molecule has 0 spiro atoms. The zero-order valence-corrected chi connectivity index (χ0v) is 22.0. The maximum Gasteiger partial charge on any atom is 0.0477 e. The summed E-state index contributed by atoms with van der Waals surface area (Å²) in [5.41, 5.74) is 1.61. The Morgan fingerprint density at radius 3 is 1.97 bits per heavy atom. The molecule has 0 saturated heterocycles. The Labute approximate surface area is 202 Å². The third kappa shape index (κ3) is 8.18. The van der Waals surface area contributed by atoms with E-state index in [2.05, 4.69) is 60.9 Å². The van der Waals surface area contributed by atoms with Crippen molar-refractivity contribution >= 4 is 34.0 Å². The predicted molar refractivity (Wildman–Crippen MR) is 145 cm³/mol. The molecule has 0 nitrogen and oxygen atoms in total. The highest BCUT2D eigenvalue weighted by Gasteiger charge is 2.14. The summed E-state index contributed by atoms with van der Waals surface area (Å²) in [5.74, 6) is 0. The van der Waals surface area contributed by atoms with Crippen molar-refractivity contribution in [2.24, 2.45) is 0 Å². The number of aryl methyl sites for hydroxylation is 2. The van der Waals surface area contributed by atoms with Gasteiger partial charge >= 0.3 is 0 Å². The summed E-state index contributed by atoms with van der Waals surface area (Å²) >= 11 is 5.90. The smallest absolute Gasteiger partial charge is 0.0477 e. The van der Waals surface area contributed by atoms with Gasteiger partial charge in [0, 0.05) is 24.4 Å². The van der Waals surface area contributed by atoms with E-state index >= 15 is 0 Å². The van der Waals surface area contributed by atoms with Crippen molar-refractivity contribution in [2.45, 2.75) is 104 Å². The van der Waals surface area contributed by atoms with Crippen LogP contribution in [0.15, 0.2) is 35.7 Å². The predicted octanol–water partition coefficient (Wildman–Crippen LogP) is 11.0. The van der Waals surface area contributed by atoms with Crippen LogP contribution in [-0.2, 0) is 12.8 Å². The van der Waals surface area contributed by atoms with Crippen LogP contribution in [0.2, 0.25) is 0 Å². The molecule has 0 radical (unpaired) electrons. The third-order valence-corrected chi connectivity index (χ3v) is 9.60. The van der Waals surface area contributed by atoms with Crippen LogP contribution < -0.4 is 0 Å². The zero-order valence-electron chi connectivity index (χ0n) is 19.6. The quantitative estimate of drug-likeness (QED) is 0.182. The first-order valence-corrected chi connectivity index (χ1v) is 15.1. The van der Waals surface area contributed by atoms with E-state index in [9.17, 15) is 0 Å². The number of rotatable bonds is 16. The SMILES string of the molecule is CCCCCCCCCCc1cc(CCCCCC)c(-c2ccc(-c3cccs3)s2)s1. The van der Waals surface area contributed by atoms with Crippen LogP contribution in [0.3, 0.4) is 0 Å². The highest BCUT2D eigenvalue weighted by atomic mass is 32.1. The molecule has 0 atom stereocenters. The molecule has 0 bridgehead atoms. The molecule has 170 valence electrons. The zero-order chi connectivity index (χ0) is 21.7. The fourth-order valence-electron chi connectivity index (χ4n) is 4.19. The third-order valence-electron chi connectivity index (χ3n) is 6.03. The lowest BCUT2D eigenvalue weighted by Crippen LogP contribution is -1.86. The Morgan fingerprint density at radius 2 is 1.26 bits per heavy atom. The molecular weight excluding hydrogens is 433 g/mol. The lowest BCUT2D eigenvalue weighted by atomic mass is 10.0. The van der Waals surface area contributed by atoms with Crippen LogP contribution in [0, 0.1) is 0 Å². The fourth-order valence-corrected chi connectivity index (χ4v) is 7.43. The van der Waals surface area contributed by atoms with E-state index in [-0.39, 0.29) is 0 Å². The largest absolute Gasteiger partial charge is 0.143 e. The number of hydrogen-bond donors (Lipinski definition) is 0. The van der Waals surface area contributed by atoms with Gasteiger partial charge in [-0.1, -0.05) is 84.1 Å². The normalized spacial score (nSPS) is 11.4. The van der Waals surface area contributed by atoms with Crippen LogP contribution in [0.1, 0.15) is 101 Å². The molecule has 0 fully saturated rings. The molecule has 3 rings (SSSR count). The van der Waals surface area contributed by atoms with Gasteiger partial charge in [-0.3, -0.25) is 0 Å². The van der Waals surface area contributed by atoms with E-state index in [0.717, 1.165) is 0 Å². The molecule has 0 aliphatic heterocycles. The van der Waals surface area contributed by atoms with Gasteiger partial charge < -0.3 is 0 Å². The van der Waals surface area contributed by atoms with Crippen molar-refractivity contribution in [3.63, 3.8) is 0 Å². The number of hydrogen-bond acceptors (Lipinski definition) is 3. The van der Waals surface area contributed by atoms with Gasteiger partial charge in [-0.2, -0.15) is 0 Å². The summed E-state index contributed by atoms with van der Waals surface area (Å²) in [7, 11) is 0. The second-order valence-corrected chi connectivity index (χ2v) is 11.9. The molecule has 3 heterocycles. The Hall–Kier alpha value is -0.900. The number of unbranched alkanes of at least 4 members (excludes halogenated alkanes) is 10. The summed E-state index contributed by atoms with van der Waals surface area (Å²) in [5, 5.41) is 2.18. The van der Waals surface area contributed by atoms with Gasteiger partial charge in [-0.15, -0.1) is 34.0 Å². The lowest BCUT2D eigenvalue weighted by molar-refractivity contribution is 0.576. The van der Waals surface area contributed by atoms with Crippen molar-refractivity contribution < 1.29 is 0 Å². The molecule has 0 saturated carbocycles. The summed E-state index contributed by atoms with van der Waals surface area (Å²) in [6, 6.07) is 11.6. The van der Waals surface area contributed by atoms with Gasteiger partial charge in [-0.05, 0) is 60.9 Å². The van der Waals surface area contributed by atoms with E-state index in [1.54, 1.807) is 15.3 Å². The minimum atomic E-state index is 1.25. The molecule has 31 heavy (non-hydrogen) atoms. The topological polar surface area (TPSA) is 0 Å². The van der Waals surface area contributed by atoms with Crippen LogP contribution in [-0.4, -0.2) is 0 Å². The minimum absolute atomic E-state index is 1.25. The molecule has 3 aromatic rings. The fraction of sp³-hybridized carbons (Fsp3) is 0.571. The van der Waals surface area contributed by atoms with E-state index in [0.29, 0.717) is 0 Å². The summed E-state index contributed by atoms with van der Waals surface area (Å²) in [6.07, 6.45) is 19.1. The summed E-state index contributed by atoms with van der Waals surface area (Å²) in [4.78, 5) is 7.45. The van der Waals surface area contributed by atoms with Crippen molar-refractivity contribution in [2.75, 3.05) is 0 Å². The van der Waals surface area contributed by atoms with E-state index < -0.39 is 0 Å². The van der Waals surface area contributed by atoms with Gasteiger partial charge in [0.15, 0.2) is 0 Å². The van der Waals surface area contributed by atoms with Crippen molar-refractivity contribution in [1.29, 1.82) is 0 Å². The molecular formula is C28H40S3. The number of thiophene rings is 3. The molecule has 3 heteroatoms. The molecule has 0 N–H and O–H groups in total. The summed E-state index contributed by atoms with van der Waals surface area (Å²) in [6.45, 7) is 4.60. The minimum Gasteiger partial charge on any atom is -0.143 e.